The fourth-order valence-corrected chi connectivity index (χ4v) is 7.91. The average Bonchev–Trinajstić information content (AvgIpc) is 3.00. The fraction of sp³-hybridized carbons (Fsp3) is 0.188. The van der Waals surface area contributed by atoms with Gasteiger partial charge in [0.05, 0.1) is 0 Å². The Labute approximate surface area is 233 Å². The van der Waals surface area contributed by atoms with Crippen molar-refractivity contribution in [2.24, 2.45) is 0 Å². The smallest absolute Gasteiger partial charge is 0.235 e. The second kappa shape index (κ2) is 12.9. The molecule has 6 heteroatoms. The first kappa shape index (κ1) is 27.6. The largest absolute Gasteiger partial charge is 0.358 e. The monoisotopic (exact) mass is 540 g/mol. The lowest BCUT2D eigenvalue weighted by Gasteiger charge is -2.35. The molecule has 0 fully saturated rings. The maximum atomic E-state index is 13.6. The van der Waals surface area contributed by atoms with Gasteiger partial charge in [-0.05, 0) is 22.3 Å². The highest BCUT2D eigenvalue weighted by Crippen LogP contribution is 2.43. The summed E-state index contributed by atoms with van der Waals surface area (Å²) < 4.78 is 0. The molecule has 0 bridgehead atoms. The number of rotatable bonds is 11. The van der Waals surface area contributed by atoms with E-state index < -0.39 is 10.8 Å². The predicted octanol–water partition coefficient (Wildman–Crippen LogP) is 5.83. The molecule has 4 aromatic carbocycles. The number of hydrogen-bond acceptors (Lipinski definition) is 4. The second-order valence-electron chi connectivity index (χ2n) is 8.96. The van der Waals surface area contributed by atoms with E-state index in [0.717, 1.165) is 22.3 Å². The van der Waals surface area contributed by atoms with Crippen molar-refractivity contribution in [3.05, 3.63) is 144 Å². The van der Waals surface area contributed by atoms with Crippen LogP contribution in [0.3, 0.4) is 0 Å². The van der Waals surface area contributed by atoms with Crippen LogP contribution in [0.1, 0.15) is 22.3 Å². The molecular weight excluding hydrogens is 508 g/mol. The summed E-state index contributed by atoms with van der Waals surface area (Å²) in [5.41, 5.74) is 1.96. The first-order valence-corrected chi connectivity index (χ1v) is 15.0. The average molecular weight is 541 g/mol. The van der Waals surface area contributed by atoms with Crippen LogP contribution in [0.5, 0.6) is 0 Å². The van der Waals surface area contributed by atoms with Gasteiger partial charge >= 0.3 is 0 Å². The molecule has 0 saturated heterocycles. The van der Waals surface area contributed by atoms with E-state index in [-0.39, 0.29) is 11.8 Å². The lowest BCUT2D eigenvalue weighted by atomic mass is 9.75. The van der Waals surface area contributed by atoms with Crippen LogP contribution in [-0.4, -0.2) is 37.4 Å². The molecule has 4 nitrogen and oxygen atoms in total. The van der Waals surface area contributed by atoms with Crippen LogP contribution in [0.4, 0.5) is 0 Å². The van der Waals surface area contributed by atoms with E-state index in [1.54, 1.807) is 35.7 Å². The van der Waals surface area contributed by atoms with Crippen molar-refractivity contribution >= 4 is 33.4 Å². The molecule has 0 saturated carbocycles. The molecule has 0 aliphatic carbocycles. The summed E-state index contributed by atoms with van der Waals surface area (Å²) in [4.78, 5) is 27.3. The molecule has 0 aliphatic heterocycles. The number of likely N-dealkylation sites (N-methyl/N-ethyl adjacent to an activating group) is 2. The first-order chi connectivity index (χ1) is 18.6. The van der Waals surface area contributed by atoms with Gasteiger partial charge in [-0.2, -0.15) is 0 Å². The van der Waals surface area contributed by atoms with E-state index in [9.17, 15) is 9.59 Å². The SMILES string of the molecule is CNC(=O)C(CSSCC(C(=O)NC)(c1ccccc1)c1ccccc1)(c1ccccc1)c1ccccc1. The molecule has 4 rings (SSSR count). The van der Waals surface area contributed by atoms with E-state index in [0.29, 0.717) is 11.5 Å². The Morgan fingerprint density at radius 2 is 0.737 bits per heavy atom. The van der Waals surface area contributed by atoms with E-state index in [1.807, 2.05) is 121 Å². The fourth-order valence-electron chi connectivity index (χ4n) is 4.90. The highest BCUT2D eigenvalue weighted by atomic mass is 33.1. The van der Waals surface area contributed by atoms with Gasteiger partial charge in [-0.3, -0.25) is 9.59 Å². The lowest BCUT2D eigenvalue weighted by Crippen LogP contribution is -2.47. The Morgan fingerprint density at radius 3 is 0.947 bits per heavy atom. The quantitative estimate of drug-likeness (QED) is 0.186. The molecule has 0 atom stereocenters. The molecule has 0 radical (unpaired) electrons. The number of amides is 2. The number of hydrogen-bond donors (Lipinski definition) is 2. The summed E-state index contributed by atoms with van der Waals surface area (Å²) >= 11 is 0. The zero-order valence-corrected chi connectivity index (χ0v) is 23.2. The molecule has 2 amide bonds. The third kappa shape index (κ3) is 5.38. The van der Waals surface area contributed by atoms with E-state index >= 15 is 0 Å². The minimum absolute atomic E-state index is 0.0633. The van der Waals surface area contributed by atoms with Gasteiger partial charge in [0, 0.05) is 25.6 Å². The molecule has 0 spiro atoms. The summed E-state index contributed by atoms with van der Waals surface area (Å²) in [5.74, 6) is 0.871. The van der Waals surface area contributed by atoms with Crippen LogP contribution in [0.15, 0.2) is 121 Å². The van der Waals surface area contributed by atoms with Crippen molar-refractivity contribution in [2.45, 2.75) is 10.8 Å². The van der Waals surface area contributed by atoms with Crippen LogP contribution in [-0.2, 0) is 20.4 Å². The van der Waals surface area contributed by atoms with Crippen LogP contribution in [0.25, 0.3) is 0 Å². The second-order valence-corrected chi connectivity index (χ2v) is 11.4. The lowest BCUT2D eigenvalue weighted by molar-refractivity contribution is -0.125. The van der Waals surface area contributed by atoms with Crippen molar-refractivity contribution in [3.8, 4) is 0 Å². The Hall–Kier alpha value is -3.48. The molecular formula is C32H32N2O2S2. The number of carbonyl (C=O) groups is 2. The minimum Gasteiger partial charge on any atom is -0.358 e. The summed E-state index contributed by atoms with van der Waals surface area (Å²) in [6.45, 7) is 0. The first-order valence-electron chi connectivity index (χ1n) is 12.5. The molecule has 2 N–H and O–H groups in total. The molecule has 38 heavy (non-hydrogen) atoms. The summed E-state index contributed by atoms with van der Waals surface area (Å²) in [6.07, 6.45) is 0. The topological polar surface area (TPSA) is 58.2 Å². The van der Waals surface area contributed by atoms with Gasteiger partial charge in [-0.1, -0.05) is 143 Å². The van der Waals surface area contributed by atoms with Gasteiger partial charge in [0.2, 0.25) is 11.8 Å². The zero-order valence-electron chi connectivity index (χ0n) is 21.6. The highest BCUT2D eigenvalue weighted by Gasteiger charge is 2.44. The van der Waals surface area contributed by atoms with Crippen LogP contribution >= 0.6 is 21.6 Å². The number of nitrogens with one attached hydrogen (secondary N) is 2. The van der Waals surface area contributed by atoms with E-state index in [1.165, 1.54) is 0 Å². The normalized spacial score (nSPS) is 11.5. The van der Waals surface area contributed by atoms with Gasteiger partial charge in [0.25, 0.3) is 0 Å². The molecule has 0 aliphatic rings. The Kier molecular flexibility index (Phi) is 9.32. The van der Waals surface area contributed by atoms with Crippen LogP contribution < -0.4 is 10.6 Å². The summed E-state index contributed by atoms with van der Waals surface area (Å²) in [7, 11) is 6.59. The van der Waals surface area contributed by atoms with Crippen molar-refractivity contribution in [1.29, 1.82) is 0 Å². The number of benzene rings is 4. The van der Waals surface area contributed by atoms with Crippen LogP contribution in [0.2, 0.25) is 0 Å². The van der Waals surface area contributed by atoms with Crippen molar-refractivity contribution in [2.75, 3.05) is 25.6 Å². The Balaban J connectivity index is 1.70. The Morgan fingerprint density at radius 1 is 0.500 bits per heavy atom. The Bertz CT molecular complexity index is 1130. The molecule has 0 unspecified atom stereocenters. The number of carbonyl (C=O) groups excluding carboxylic acids is 2. The predicted molar refractivity (Wildman–Crippen MR) is 160 cm³/mol. The van der Waals surface area contributed by atoms with Gasteiger partial charge in [0.1, 0.15) is 10.8 Å². The standard InChI is InChI=1S/C32H32N2O2S2/c1-33-29(35)31(25-15-7-3-8-16-25,26-17-9-4-10-18-26)23-37-38-24-32(30(36)34-2,27-19-11-5-12-20-27)28-21-13-6-14-22-28/h3-22H,23-24H2,1-2H3,(H,33,35)(H,34,36). The van der Waals surface area contributed by atoms with Crippen molar-refractivity contribution in [1.82, 2.24) is 10.6 Å². The summed E-state index contributed by atoms with van der Waals surface area (Å²) in [5, 5.41) is 5.83. The maximum Gasteiger partial charge on any atom is 0.235 e. The zero-order chi connectivity index (χ0) is 26.8. The van der Waals surface area contributed by atoms with Gasteiger partial charge < -0.3 is 10.6 Å². The molecule has 194 valence electrons. The van der Waals surface area contributed by atoms with E-state index in [4.69, 9.17) is 0 Å². The molecule has 0 aromatic heterocycles. The summed E-state index contributed by atoms with van der Waals surface area (Å²) in [6, 6.07) is 39.7. The van der Waals surface area contributed by atoms with Crippen LogP contribution in [0, 0.1) is 0 Å². The van der Waals surface area contributed by atoms with Gasteiger partial charge in [-0.25, -0.2) is 0 Å². The van der Waals surface area contributed by atoms with Crippen molar-refractivity contribution in [3.63, 3.8) is 0 Å². The maximum absolute atomic E-state index is 13.6. The van der Waals surface area contributed by atoms with Gasteiger partial charge in [-0.15, -0.1) is 0 Å². The third-order valence-electron chi connectivity index (χ3n) is 6.93. The minimum atomic E-state index is -0.885. The molecule has 0 heterocycles. The third-order valence-corrected chi connectivity index (χ3v) is 9.41. The van der Waals surface area contributed by atoms with Gasteiger partial charge in [0.15, 0.2) is 0 Å². The highest BCUT2D eigenvalue weighted by molar-refractivity contribution is 8.76. The molecule has 4 aromatic rings. The van der Waals surface area contributed by atoms with E-state index in [2.05, 4.69) is 10.6 Å². The van der Waals surface area contributed by atoms with Crippen molar-refractivity contribution < 1.29 is 9.59 Å².